The molecule has 2 aromatic rings. The van der Waals surface area contributed by atoms with Crippen LogP contribution in [0, 0.1) is 12.7 Å². The highest BCUT2D eigenvalue weighted by Crippen LogP contribution is 2.30. The van der Waals surface area contributed by atoms with Crippen molar-refractivity contribution in [2.45, 2.75) is 52.2 Å². The number of hydrogen-bond donors (Lipinski definition) is 0. The van der Waals surface area contributed by atoms with Gasteiger partial charge in [-0.05, 0) is 55.2 Å². The van der Waals surface area contributed by atoms with Crippen LogP contribution >= 0.6 is 0 Å². The highest BCUT2D eigenvalue weighted by Gasteiger charge is 2.39. The Morgan fingerprint density at radius 3 is 2.36 bits per heavy atom. The van der Waals surface area contributed by atoms with Crippen molar-refractivity contribution in [1.82, 2.24) is 14.7 Å². The number of ketones is 2. The molecule has 2 fully saturated rings. The second-order valence-corrected chi connectivity index (χ2v) is 10.7. The van der Waals surface area contributed by atoms with Crippen molar-refractivity contribution in [3.05, 3.63) is 94.8 Å². The predicted molar refractivity (Wildman–Crippen MR) is 151 cm³/mol. The normalized spacial score (nSPS) is 20.5. The van der Waals surface area contributed by atoms with Gasteiger partial charge < -0.3 is 4.90 Å². The number of benzene rings is 2. The first-order chi connectivity index (χ1) is 18.7. The zero-order valence-corrected chi connectivity index (χ0v) is 23.0. The van der Waals surface area contributed by atoms with E-state index in [1.807, 2.05) is 43.3 Å². The summed E-state index contributed by atoms with van der Waals surface area (Å²) < 4.78 is 12.9. The van der Waals surface area contributed by atoms with Gasteiger partial charge in [0.1, 0.15) is 11.6 Å². The Morgan fingerprint density at radius 2 is 1.72 bits per heavy atom. The van der Waals surface area contributed by atoms with Crippen LogP contribution in [0.15, 0.2) is 66.8 Å². The largest absolute Gasteiger partial charge is 0.324 e. The SMILES string of the molecule is C=C/C=C(\C)CN1CCN(Cc2ccc(F)cc2)CC1.Cc1cccc2c1CN(C1CCC(=O)CC1=O)C2=O. The van der Waals surface area contributed by atoms with E-state index >= 15 is 0 Å². The maximum Gasteiger partial charge on any atom is 0.255 e. The fourth-order valence-electron chi connectivity index (χ4n) is 5.51. The van der Waals surface area contributed by atoms with E-state index in [0.29, 0.717) is 24.9 Å². The van der Waals surface area contributed by atoms with E-state index in [1.54, 1.807) is 4.90 Å². The first-order valence-corrected chi connectivity index (χ1v) is 13.7. The number of carbonyl (C=O) groups excluding carboxylic acids is 3. The maximum atomic E-state index is 12.9. The van der Waals surface area contributed by atoms with E-state index in [2.05, 4.69) is 29.4 Å². The van der Waals surface area contributed by atoms with Crippen molar-refractivity contribution in [2.75, 3.05) is 32.7 Å². The summed E-state index contributed by atoms with van der Waals surface area (Å²) in [5.74, 6) is -0.369. The van der Waals surface area contributed by atoms with E-state index in [0.717, 1.165) is 50.4 Å². The van der Waals surface area contributed by atoms with E-state index < -0.39 is 6.04 Å². The lowest BCUT2D eigenvalue weighted by Gasteiger charge is -2.34. The van der Waals surface area contributed by atoms with Crippen molar-refractivity contribution in [3.8, 4) is 0 Å². The van der Waals surface area contributed by atoms with Crippen LogP contribution in [0.4, 0.5) is 4.39 Å². The Balaban J connectivity index is 0.000000181. The fraction of sp³-hybridized carbons (Fsp3) is 0.406. The van der Waals surface area contributed by atoms with Gasteiger partial charge in [0, 0.05) is 57.8 Å². The minimum atomic E-state index is -0.419. The molecule has 1 atom stereocenters. The monoisotopic (exact) mass is 531 g/mol. The average molecular weight is 532 g/mol. The number of nitrogens with zero attached hydrogens (tertiary/aromatic N) is 3. The molecule has 1 saturated carbocycles. The van der Waals surface area contributed by atoms with Gasteiger partial charge in [0.2, 0.25) is 0 Å². The Morgan fingerprint density at radius 1 is 1.03 bits per heavy atom. The lowest BCUT2D eigenvalue weighted by molar-refractivity contribution is -0.133. The number of aryl methyl sites for hydroxylation is 1. The number of hydrogen-bond acceptors (Lipinski definition) is 5. The summed E-state index contributed by atoms with van der Waals surface area (Å²) in [5, 5.41) is 0. The summed E-state index contributed by atoms with van der Waals surface area (Å²) in [5.41, 5.74) is 5.32. The number of amides is 1. The van der Waals surface area contributed by atoms with Crippen molar-refractivity contribution in [1.29, 1.82) is 0 Å². The topological polar surface area (TPSA) is 60.9 Å². The molecule has 1 aliphatic carbocycles. The fourth-order valence-corrected chi connectivity index (χ4v) is 5.51. The van der Waals surface area contributed by atoms with Crippen LogP contribution in [0.25, 0.3) is 0 Å². The number of halogens is 1. The van der Waals surface area contributed by atoms with Crippen LogP contribution in [0.5, 0.6) is 0 Å². The Bertz CT molecular complexity index is 1250. The molecule has 6 nitrogen and oxygen atoms in total. The molecule has 1 unspecified atom stereocenters. The van der Waals surface area contributed by atoms with Gasteiger partial charge in [-0.15, -0.1) is 0 Å². The molecule has 0 radical (unpaired) electrons. The number of carbonyl (C=O) groups is 3. The highest BCUT2D eigenvalue weighted by molar-refractivity contribution is 6.07. The molecule has 1 saturated heterocycles. The van der Waals surface area contributed by atoms with Gasteiger partial charge >= 0.3 is 0 Å². The van der Waals surface area contributed by atoms with Crippen LogP contribution in [0.3, 0.4) is 0 Å². The third-order valence-corrected chi connectivity index (χ3v) is 7.71. The first-order valence-electron chi connectivity index (χ1n) is 13.7. The lowest BCUT2D eigenvalue weighted by atomic mass is 9.92. The predicted octanol–water partition coefficient (Wildman–Crippen LogP) is 4.72. The number of Topliss-reactive ketones (excluding diaryl/α,β-unsaturated/α-hetero) is 2. The quantitative estimate of drug-likeness (QED) is 0.399. The molecule has 39 heavy (non-hydrogen) atoms. The zero-order valence-electron chi connectivity index (χ0n) is 23.0. The van der Waals surface area contributed by atoms with Gasteiger partial charge in [-0.3, -0.25) is 24.2 Å². The summed E-state index contributed by atoms with van der Waals surface area (Å²) in [6, 6.07) is 12.0. The van der Waals surface area contributed by atoms with Crippen LogP contribution in [-0.4, -0.2) is 70.9 Å². The molecular formula is C32H38FN3O3. The number of rotatable bonds is 6. The van der Waals surface area contributed by atoms with E-state index in [9.17, 15) is 18.8 Å². The molecule has 0 spiro atoms. The van der Waals surface area contributed by atoms with Gasteiger partial charge in [0.05, 0.1) is 12.5 Å². The van der Waals surface area contributed by atoms with E-state index in [1.165, 1.54) is 23.3 Å². The van der Waals surface area contributed by atoms with Gasteiger partial charge in [-0.25, -0.2) is 4.39 Å². The van der Waals surface area contributed by atoms with Crippen LogP contribution in [0.1, 0.15) is 53.2 Å². The molecule has 3 aliphatic rings. The Hall–Kier alpha value is -3.42. The minimum absolute atomic E-state index is 0.0124. The molecule has 7 heteroatoms. The molecule has 206 valence electrons. The van der Waals surface area contributed by atoms with Crippen molar-refractivity contribution in [3.63, 3.8) is 0 Å². The molecule has 2 heterocycles. The Labute approximate surface area is 230 Å². The molecule has 2 aliphatic heterocycles. The standard InChI is InChI=1S/C17H23FN2.C15H15NO3/c1-3-4-15(2)13-19-9-11-20(12-10-19)14-16-5-7-17(18)8-6-16;1-9-3-2-4-11-12(9)8-16(15(11)19)13-6-5-10(17)7-14(13)18/h3-8H,1,9-14H2,2H3;2-4,13H,5-8H2,1H3/b15-4+;. The van der Waals surface area contributed by atoms with Crippen molar-refractivity contribution >= 4 is 17.5 Å². The summed E-state index contributed by atoms with van der Waals surface area (Å²) in [6.45, 7) is 14.6. The molecule has 1 amide bonds. The van der Waals surface area contributed by atoms with Gasteiger partial charge in [-0.1, -0.05) is 48.6 Å². The number of fused-ring (bicyclic) bond motifs is 1. The van der Waals surface area contributed by atoms with Crippen LogP contribution in [-0.2, 0) is 22.7 Å². The van der Waals surface area contributed by atoms with Crippen molar-refractivity contribution in [2.24, 2.45) is 0 Å². The molecular weight excluding hydrogens is 493 g/mol. The summed E-state index contributed by atoms with van der Waals surface area (Å²) >= 11 is 0. The second-order valence-electron chi connectivity index (χ2n) is 10.7. The molecule has 0 bridgehead atoms. The maximum absolute atomic E-state index is 12.9. The lowest BCUT2D eigenvalue weighted by Crippen LogP contribution is -2.46. The highest BCUT2D eigenvalue weighted by atomic mass is 19.1. The van der Waals surface area contributed by atoms with Gasteiger partial charge in [0.25, 0.3) is 5.91 Å². The van der Waals surface area contributed by atoms with Gasteiger partial charge in [0.15, 0.2) is 5.78 Å². The first kappa shape index (κ1) is 28.6. The molecule has 0 aromatic heterocycles. The molecule has 2 aromatic carbocycles. The number of piperazine rings is 1. The zero-order chi connectivity index (χ0) is 27.9. The Kier molecular flexibility index (Phi) is 9.59. The minimum Gasteiger partial charge on any atom is -0.324 e. The summed E-state index contributed by atoms with van der Waals surface area (Å²) in [6.07, 6.45) is 4.76. The van der Waals surface area contributed by atoms with E-state index in [-0.39, 0.29) is 29.7 Å². The van der Waals surface area contributed by atoms with Gasteiger partial charge in [-0.2, -0.15) is 0 Å². The number of allylic oxidation sites excluding steroid dienone is 2. The van der Waals surface area contributed by atoms with Crippen molar-refractivity contribution < 1.29 is 18.8 Å². The van der Waals surface area contributed by atoms with Crippen LogP contribution in [0.2, 0.25) is 0 Å². The third-order valence-electron chi connectivity index (χ3n) is 7.71. The van der Waals surface area contributed by atoms with E-state index in [4.69, 9.17) is 0 Å². The summed E-state index contributed by atoms with van der Waals surface area (Å²) in [7, 11) is 0. The third kappa shape index (κ3) is 7.37. The average Bonchev–Trinajstić information content (AvgIpc) is 3.24. The molecule has 5 rings (SSSR count). The van der Waals surface area contributed by atoms with Crippen LogP contribution < -0.4 is 0 Å². The second kappa shape index (κ2) is 13.1. The smallest absolute Gasteiger partial charge is 0.255 e. The summed E-state index contributed by atoms with van der Waals surface area (Å²) in [4.78, 5) is 42.1. The molecule has 0 N–H and O–H groups in total.